The number of hydrogen-bond acceptors (Lipinski definition) is 5. The van der Waals surface area contributed by atoms with E-state index in [0.29, 0.717) is 12.1 Å². The first-order chi connectivity index (χ1) is 17.6. The molecule has 3 aromatic carbocycles. The molecule has 5 aromatic rings. The molecule has 0 bridgehead atoms. The molecule has 5 rings (SSSR count). The number of H-pyrrole nitrogens is 1. The average molecular weight is 498 g/mol. The highest BCUT2D eigenvalue weighted by Gasteiger charge is 2.20. The molecule has 0 aliphatic carbocycles. The summed E-state index contributed by atoms with van der Waals surface area (Å²) in [5.41, 5.74) is 4.97. The molecule has 2 heterocycles. The minimum Gasteiger partial charge on any atom is -0.357 e. The summed E-state index contributed by atoms with van der Waals surface area (Å²) in [5, 5.41) is 18.2. The van der Waals surface area contributed by atoms with E-state index in [1.54, 1.807) is 16.4 Å². The number of hydrogen-bond donors (Lipinski definition) is 3. The first-order valence-electron chi connectivity index (χ1n) is 11.3. The second kappa shape index (κ2) is 10.5. The van der Waals surface area contributed by atoms with Gasteiger partial charge in [0.2, 0.25) is 0 Å². The van der Waals surface area contributed by atoms with Gasteiger partial charge in [-0.25, -0.2) is 14.4 Å². The van der Waals surface area contributed by atoms with Crippen LogP contribution in [0.4, 0.5) is 0 Å². The van der Waals surface area contributed by atoms with Crippen molar-refractivity contribution in [3.63, 3.8) is 0 Å². The molecular formula is C27H23N5O3S. The van der Waals surface area contributed by atoms with Crippen LogP contribution in [0.1, 0.15) is 23.0 Å². The van der Waals surface area contributed by atoms with Crippen LogP contribution in [0.15, 0.2) is 107 Å². The van der Waals surface area contributed by atoms with Crippen LogP contribution < -0.4 is 5.48 Å². The van der Waals surface area contributed by atoms with Crippen molar-refractivity contribution in [2.45, 2.75) is 22.3 Å². The molecule has 2 aromatic heterocycles. The van der Waals surface area contributed by atoms with Crippen LogP contribution in [0, 0.1) is 0 Å². The van der Waals surface area contributed by atoms with Crippen LogP contribution in [-0.4, -0.2) is 35.3 Å². The van der Waals surface area contributed by atoms with E-state index in [2.05, 4.69) is 21.4 Å². The Bertz CT molecular complexity index is 1530. The molecule has 3 N–H and O–H groups in total. The number of amides is 1. The number of hydroxylamine groups is 1. The molecule has 0 aliphatic heterocycles. The van der Waals surface area contributed by atoms with E-state index in [0.717, 1.165) is 32.0 Å². The van der Waals surface area contributed by atoms with Gasteiger partial charge in [-0.05, 0) is 53.4 Å². The molecule has 9 heteroatoms. The van der Waals surface area contributed by atoms with Crippen molar-refractivity contribution in [3.05, 3.63) is 114 Å². The monoisotopic (exact) mass is 497 g/mol. The van der Waals surface area contributed by atoms with Crippen LogP contribution in [-0.2, 0) is 22.0 Å². The van der Waals surface area contributed by atoms with Crippen LogP contribution >= 0.6 is 0 Å². The number of aromatic amines is 1. The zero-order valence-electron chi connectivity index (χ0n) is 19.1. The van der Waals surface area contributed by atoms with Gasteiger partial charge in [0.25, 0.3) is 5.91 Å². The second-order valence-electron chi connectivity index (χ2n) is 8.19. The normalized spacial score (nSPS) is 13.1. The van der Waals surface area contributed by atoms with Gasteiger partial charge in [-0.15, -0.1) is 5.10 Å². The summed E-state index contributed by atoms with van der Waals surface area (Å²) in [4.78, 5) is 16.3. The molecule has 2 atom stereocenters. The van der Waals surface area contributed by atoms with Crippen molar-refractivity contribution < 1.29 is 14.2 Å². The van der Waals surface area contributed by atoms with Crippen LogP contribution in [0.3, 0.4) is 0 Å². The molecule has 0 saturated carbocycles. The number of rotatable bonds is 8. The Morgan fingerprint density at radius 3 is 2.61 bits per heavy atom. The maximum Gasteiger partial charge on any atom is 0.267 e. The first-order valence-corrected chi connectivity index (χ1v) is 12.4. The maximum atomic E-state index is 13.1. The third-order valence-corrected chi connectivity index (χ3v) is 7.15. The lowest BCUT2D eigenvalue weighted by Crippen LogP contribution is -2.15. The Labute approximate surface area is 209 Å². The number of para-hydroxylation sites is 1. The highest BCUT2D eigenvalue weighted by atomic mass is 32.2. The largest absolute Gasteiger partial charge is 0.357 e. The molecular weight excluding hydrogens is 474 g/mol. The summed E-state index contributed by atoms with van der Waals surface area (Å²) in [6.45, 7) is 0. The molecule has 180 valence electrons. The Morgan fingerprint density at radius 2 is 1.81 bits per heavy atom. The second-order valence-corrected chi connectivity index (χ2v) is 9.67. The van der Waals surface area contributed by atoms with Crippen LogP contribution in [0.25, 0.3) is 17.0 Å². The predicted octanol–water partition coefficient (Wildman–Crippen LogP) is 4.28. The Hall–Kier alpha value is -4.34. The maximum absolute atomic E-state index is 13.1. The van der Waals surface area contributed by atoms with Crippen molar-refractivity contribution in [1.29, 1.82) is 0 Å². The Morgan fingerprint density at radius 1 is 1.03 bits per heavy atom. The van der Waals surface area contributed by atoms with E-state index >= 15 is 0 Å². The third-order valence-electron chi connectivity index (χ3n) is 5.77. The summed E-state index contributed by atoms with van der Waals surface area (Å²) in [6, 6.07) is 27.0. The van der Waals surface area contributed by atoms with Crippen molar-refractivity contribution in [1.82, 2.24) is 25.5 Å². The summed E-state index contributed by atoms with van der Waals surface area (Å²) < 4.78 is 14.9. The van der Waals surface area contributed by atoms with Gasteiger partial charge in [-0.1, -0.05) is 53.7 Å². The standard InChI is InChI=1S/C27H23N5O3S/c33-27(30-34)14-13-21-18-32(31-29-21)26(25-17-20-8-4-5-12-24(20)28-25)16-19-7-6-11-23(15-19)36(35)22-9-2-1-3-10-22/h1-15,17-18,26,28,34H,16H2,(H,30,33). The van der Waals surface area contributed by atoms with Crippen LogP contribution in [0.2, 0.25) is 0 Å². The quantitative estimate of drug-likeness (QED) is 0.168. The first kappa shape index (κ1) is 23.4. The topological polar surface area (TPSA) is 113 Å². The molecule has 8 nitrogen and oxygen atoms in total. The number of aromatic nitrogens is 4. The van der Waals surface area contributed by atoms with Gasteiger partial charge in [-0.2, -0.15) is 0 Å². The highest BCUT2D eigenvalue weighted by Crippen LogP contribution is 2.27. The number of nitrogens with zero attached hydrogens (tertiary/aromatic N) is 3. The minimum absolute atomic E-state index is 0.237. The van der Waals surface area contributed by atoms with Crippen molar-refractivity contribution in [2.75, 3.05) is 0 Å². The zero-order valence-corrected chi connectivity index (χ0v) is 19.9. The van der Waals surface area contributed by atoms with Gasteiger partial charge < -0.3 is 4.98 Å². The van der Waals surface area contributed by atoms with Crippen molar-refractivity contribution in [3.8, 4) is 0 Å². The fourth-order valence-corrected chi connectivity index (χ4v) is 5.17. The Kier molecular flexibility index (Phi) is 6.83. The lowest BCUT2D eigenvalue weighted by molar-refractivity contribution is -0.124. The molecule has 0 fully saturated rings. The summed E-state index contributed by atoms with van der Waals surface area (Å²) in [7, 11) is -1.29. The smallest absolute Gasteiger partial charge is 0.267 e. The lowest BCUT2D eigenvalue weighted by Gasteiger charge is -2.16. The number of carbonyl (C=O) groups excluding carboxylic acids is 1. The van der Waals surface area contributed by atoms with E-state index in [1.807, 2.05) is 78.9 Å². The summed E-state index contributed by atoms with van der Waals surface area (Å²) in [6.07, 6.45) is 4.95. The van der Waals surface area contributed by atoms with Gasteiger partial charge in [0, 0.05) is 33.5 Å². The number of fused-ring (bicyclic) bond motifs is 1. The predicted molar refractivity (Wildman–Crippen MR) is 137 cm³/mol. The van der Waals surface area contributed by atoms with E-state index in [9.17, 15) is 9.00 Å². The SMILES string of the molecule is O=C(C=Cc1cn(C(Cc2cccc(S(=O)c3ccccc3)c2)c2cc3ccccc3[nH]2)nn1)NO. The van der Waals surface area contributed by atoms with Crippen LogP contribution in [0.5, 0.6) is 0 Å². The molecule has 0 radical (unpaired) electrons. The van der Waals surface area contributed by atoms with E-state index in [1.165, 1.54) is 12.2 Å². The van der Waals surface area contributed by atoms with Gasteiger partial charge in [-0.3, -0.25) is 10.0 Å². The van der Waals surface area contributed by atoms with Gasteiger partial charge in [0.1, 0.15) is 5.69 Å². The molecule has 36 heavy (non-hydrogen) atoms. The molecule has 2 unspecified atom stereocenters. The molecule has 0 spiro atoms. The number of benzene rings is 3. The molecule has 1 amide bonds. The van der Waals surface area contributed by atoms with Gasteiger partial charge in [0.05, 0.1) is 23.0 Å². The van der Waals surface area contributed by atoms with Gasteiger partial charge in [0.15, 0.2) is 0 Å². The Balaban J connectivity index is 1.49. The number of carbonyl (C=O) groups is 1. The van der Waals surface area contributed by atoms with E-state index < -0.39 is 16.7 Å². The fraction of sp³-hybridized carbons (Fsp3) is 0.0741. The number of nitrogens with one attached hydrogen (secondary N) is 2. The molecule has 0 aliphatic rings. The zero-order chi connectivity index (χ0) is 24.9. The van der Waals surface area contributed by atoms with Gasteiger partial charge >= 0.3 is 0 Å². The fourth-order valence-electron chi connectivity index (χ4n) is 4.03. The van der Waals surface area contributed by atoms with Crippen molar-refractivity contribution >= 4 is 33.7 Å². The highest BCUT2D eigenvalue weighted by molar-refractivity contribution is 7.85. The summed E-state index contributed by atoms with van der Waals surface area (Å²) in [5.74, 6) is -0.653. The molecule has 0 saturated heterocycles. The van der Waals surface area contributed by atoms with Crippen molar-refractivity contribution in [2.24, 2.45) is 0 Å². The average Bonchev–Trinajstić information content (AvgIpc) is 3.58. The lowest BCUT2D eigenvalue weighted by atomic mass is 10.0. The van der Waals surface area contributed by atoms with E-state index in [-0.39, 0.29) is 6.04 Å². The third kappa shape index (κ3) is 5.17. The summed E-state index contributed by atoms with van der Waals surface area (Å²) >= 11 is 0. The van der Waals surface area contributed by atoms with E-state index in [4.69, 9.17) is 5.21 Å². The minimum atomic E-state index is -1.29.